The number of hydrogen-bond donors (Lipinski definition) is 1. The van der Waals surface area contributed by atoms with Gasteiger partial charge in [-0.1, -0.05) is 17.4 Å². The smallest absolute Gasteiger partial charge is 0.387 e. The van der Waals surface area contributed by atoms with Crippen molar-refractivity contribution in [3.63, 3.8) is 0 Å². The molecule has 0 spiro atoms. The average molecular weight is 341 g/mol. The van der Waals surface area contributed by atoms with E-state index in [9.17, 15) is 8.78 Å². The van der Waals surface area contributed by atoms with E-state index in [1.165, 1.54) is 11.3 Å². The topological polar surface area (TPSA) is 56.3 Å². The van der Waals surface area contributed by atoms with Gasteiger partial charge in [0.2, 0.25) is 5.13 Å². The number of nitrogens with zero attached hydrogens (tertiary/aromatic N) is 2. The zero-order valence-electron chi connectivity index (χ0n) is 12.6. The molecule has 0 saturated carbocycles. The van der Waals surface area contributed by atoms with Gasteiger partial charge in [-0.05, 0) is 42.5 Å². The fraction of sp³-hybridized carbons (Fsp3) is 0.467. The molecule has 1 aliphatic carbocycles. The first-order valence-electron chi connectivity index (χ1n) is 7.31. The van der Waals surface area contributed by atoms with Crippen LogP contribution in [0.15, 0.2) is 18.2 Å². The Kier molecular flexibility index (Phi) is 5.02. The second-order valence-corrected chi connectivity index (χ2v) is 6.32. The van der Waals surface area contributed by atoms with Crippen molar-refractivity contribution in [2.75, 3.05) is 12.4 Å². The van der Waals surface area contributed by atoms with E-state index in [-0.39, 0.29) is 11.8 Å². The average Bonchev–Trinajstić information content (AvgIpc) is 2.94. The molecule has 3 rings (SSSR count). The summed E-state index contributed by atoms with van der Waals surface area (Å²) in [6.45, 7) is -2.36. The lowest BCUT2D eigenvalue weighted by molar-refractivity contribution is -0.0499. The van der Waals surface area contributed by atoms with E-state index < -0.39 is 6.61 Å². The molecule has 0 amide bonds. The number of methoxy groups -OCH3 is 1. The van der Waals surface area contributed by atoms with E-state index in [1.54, 1.807) is 19.2 Å². The van der Waals surface area contributed by atoms with Crippen molar-refractivity contribution in [2.45, 2.75) is 38.5 Å². The van der Waals surface area contributed by atoms with Crippen LogP contribution in [-0.2, 0) is 17.8 Å². The molecule has 0 unspecified atom stereocenters. The Balaban J connectivity index is 1.75. The van der Waals surface area contributed by atoms with Gasteiger partial charge in [0.1, 0.15) is 17.4 Å². The van der Waals surface area contributed by atoms with Gasteiger partial charge in [0.15, 0.2) is 0 Å². The van der Waals surface area contributed by atoms with Gasteiger partial charge in [-0.3, -0.25) is 0 Å². The highest BCUT2D eigenvalue weighted by Crippen LogP contribution is 2.35. The van der Waals surface area contributed by atoms with E-state index in [0.29, 0.717) is 6.61 Å². The molecule has 0 radical (unpaired) electrons. The third-order valence-corrected chi connectivity index (χ3v) is 4.51. The summed E-state index contributed by atoms with van der Waals surface area (Å²) in [5.41, 5.74) is 2.13. The summed E-state index contributed by atoms with van der Waals surface area (Å²) in [7, 11) is 1.62. The number of benzene rings is 1. The first-order chi connectivity index (χ1) is 11.2. The van der Waals surface area contributed by atoms with E-state index in [4.69, 9.17) is 4.74 Å². The number of hydrogen-bond acceptors (Lipinski definition) is 6. The largest absolute Gasteiger partial charge is 0.435 e. The van der Waals surface area contributed by atoms with Gasteiger partial charge in [0.05, 0.1) is 6.04 Å². The minimum atomic E-state index is -2.80. The van der Waals surface area contributed by atoms with Crippen LogP contribution >= 0.6 is 11.3 Å². The number of fused-ring (bicyclic) bond motifs is 1. The van der Waals surface area contributed by atoms with E-state index in [1.807, 2.05) is 6.07 Å². The van der Waals surface area contributed by atoms with Crippen LogP contribution in [0, 0.1) is 0 Å². The molecular weight excluding hydrogens is 324 g/mol. The molecule has 0 fully saturated rings. The molecule has 1 atom stereocenters. The van der Waals surface area contributed by atoms with Crippen LogP contribution in [0.5, 0.6) is 5.75 Å². The summed E-state index contributed by atoms with van der Waals surface area (Å²) in [5, 5.41) is 13.1. The molecule has 0 bridgehead atoms. The normalized spacial score (nSPS) is 17.1. The van der Waals surface area contributed by atoms with Crippen LogP contribution in [0.25, 0.3) is 0 Å². The number of ether oxygens (including phenoxy) is 2. The summed E-state index contributed by atoms with van der Waals surface area (Å²) in [6.07, 6.45) is 2.80. The molecule has 1 heterocycles. The molecule has 8 heteroatoms. The zero-order chi connectivity index (χ0) is 16.2. The molecule has 124 valence electrons. The van der Waals surface area contributed by atoms with E-state index in [0.717, 1.165) is 40.5 Å². The van der Waals surface area contributed by atoms with Crippen LogP contribution in [-0.4, -0.2) is 23.9 Å². The second-order valence-electron chi connectivity index (χ2n) is 5.26. The van der Waals surface area contributed by atoms with Gasteiger partial charge >= 0.3 is 6.61 Å². The molecule has 0 saturated heterocycles. The van der Waals surface area contributed by atoms with Crippen LogP contribution in [0.1, 0.15) is 35.0 Å². The molecule has 1 N–H and O–H groups in total. The minimum Gasteiger partial charge on any atom is -0.435 e. The maximum absolute atomic E-state index is 12.3. The zero-order valence-corrected chi connectivity index (χ0v) is 13.4. The van der Waals surface area contributed by atoms with Crippen molar-refractivity contribution < 1.29 is 18.3 Å². The van der Waals surface area contributed by atoms with Crippen LogP contribution < -0.4 is 10.1 Å². The Labute approximate surface area is 136 Å². The fourth-order valence-corrected chi connectivity index (χ4v) is 3.52. The summed E-state index contributed by atoms with van der Waals surface area (Å²) in [6, 6.07) is 5.23. The van der Waals surface area contributed by atoms with Gasteiger partial charge in [-0.2, -0.15) is 8.78 Å². The second kappa shape index (κ2) is 7.18. The summed E-state index contributed by atoms with van der Waals surface area (Å²) >= 11 is 1.46. The van der Waals surface area contributed by atoms with Gasteiger partial charge < -0.3 is 14.8 Å². The molecule has 1 aromatic carbocycles. The number of nitrogens with one attached hydrogen (secondary N) is 1. The Bertz CT molecular complexity index is 666. The lowest BCUT2D eigenvalue weighted by Crippen LogP contribution is -2.17. The maximum atomic E-state index is 12.3. The van der Waals surface area contributed by atoms with Crippen molar-refractivity contribution in [1.82, 2.24) is 10.2 Å². The predicted molar refractivity (Wildman–Crippen MR) is 83.0 cm³/mol. The fourth-order valence-electron chi connectivity index (χ4n) is 2.76. The van der Waals surface area contributed by atoms with Crippen LogP contribution in [0.4, 0.5) is 13.9 Å². The Morgan fingerprint density at radius 3 is 3.04 bits per heavy atom. The quantitative estimate of drug-likeness (QED) is 0.867. The Morgan fingerprint density at radius 2 is 2.26 bits per heavy atom. The Morgan fingerprint density at radius 1 is 1.39 bits per heavy atom. The Hall–Kier alpha value is -1.80. The van der Waals surface area contributed by atoms with Gasteiger partial charge in [0.25, 0.3) is 0 Å². The van der Waals surface area contributed by atoms with Crippen molar-refractivity contribution in [3.05, 3.63) is 34.3 Å². The number of alkyl halides is 2. The molecule has 1 aromatic heterocycles. The highest BCUT2D eigenvalue weighted by atomic mass is 32.1. The third kappa shape index (κ3) is 3.94. The van der Waals surface area contributed by atoms with Crippen molar-refractivity contribution in [2.24, 2.45) is 0 Å². The van der Waals surface area contributed by atoms with Crippen LogP contribution in [0.3, 0.4) is 0 Å². The summed E-state index contributed by atoms with van der Waals surface area (Å²) < 4.78 is 34.2. The molecular formula is C15H17F2N3O2S. The highest BCUT2D eigenvalue weighted by molar-refractivity contribution is 7.15. The third-order valence-electron chi connectivity index (χ3n) is 3.69. The standard InChI is InChI=1S/C15H17F2N3O2S/c1-21-8-13-19-20-15(23-13)18-12-4-2-3-9-7-10(22-14(16)17)5-6-11(9)12/h5-7,12,14H,2-4,8H2,1H3,(H,18,20)/t12-/m1/s1. The number of aromatic nitrogens is 2. The first kappa shape index (κ1) is 16.1. The molecule has 0 aliphatic heterocycles. The van der Waals surface area contributed by atoms with E-state index >= 15 is 0 Å². The van der Waals surface area contributed by atoms with Crippen molar-refractivity contribution in [1.29, 1.82) is 0 Å². The summed E-state index contributed by atoms with van der Waals surface area (Å²) in [4.78, 5) is 0. The molecule has 5 nitrogen and oxygen atoms in total. The SMILES string of the molecule is COCc1nnc(N[C@@H]2CCCc3cc(OC(F)F)ccc32)s1. The molecule has 1 aliphatic rings. The van der Waals surface area contributed by atoms with Gasteiger partial charge in [0, 0.05) is 7.11 Å². The number of rotatable bonds is 6. The van der Waals surface area contributed by atoms with E-state index in [2.05, 4.69) is 20.3 Å². The highest BCUT2D eigenvalue weighted by Gasteiger charge is 2.22. The van der Waals surface area contributed by atoms with Gasteiger partial charge in [-0.25, -0.2) is 0 Å². The number of halogens is 2. The van der Waals surface area contributed by atoms with Gasteiger partial charge in [-0.15, -0.1) is 10.2 Å². The molecule has 23 heavy (non-hydrogen) atoms. The van der Waals surface area contributed by atoms with Crippen molar-refractivity contribution >= 4 is 16.5 Å². The lowest BCUT2D eigenvalue weighted by Gasteiger charge is -2.26. The maximum Gasteiger partial charge on any atom is 0.387 e. The number of anilines is 1. The first-order valence-corrected chi connectivity index (χ1v) is 8.13. The summed E-state index contributed by atoms with van der Waals surface area (Å²) in [5.74, 6) is 0.206. The predicted octanol–water partition coefficient (Wildman–Crippen LogP) is 3.78. The minimum absolute atomic E-state index is 0.0997. The number of aryl methyl sites for hydroxylation is 1. The van der Waals surface area contributed by atoms with Crippen molar-refractivity contribution in [3.8, 4) is 5.75 Å². The molecule has 2 aromatic rings. The lowest BCUT2D eigenvalue weighted by atomic mass is 9.87. The van der Waals surface area contributed by atoms with Crippen LogP contribution in [0.2, 0.25) is 0 Å². The monoisotopic (exact) mass is 341 g/mol.